The molecular formula is C31H53NS2. The van der Waals surface area contributed by atoms with Gasteiger partial charge in [0.15, 0.2) is 0 Å². The lowest BCUT2D eigenvalue weighted by molar-refractivity contribution is 0.345. The van der Waals surface area contributed by atoms with Crippen LogP contribution >= 0.6 is 24.0 Å². The van der Waals surface area contributed by atoms with E-state index in [9.17, 15) is 0 Å². The van der Waals surface area contributed by atoms with E-state index in [0.29, 0.717) is 12.0 Å². The van der Waals surface area contributed by atoms with Gasteiger partial charge in [0.05, 0.1) is 0 Å². The Bertz CT molecular complexity index is 677. The Morgan fingerprint density at radius 2 is 1.79 bits per heavy atom. The molecule has 0 amide bonds. The van der Waals surface area contributed by atoms with Gasteiger partial charge in [-0.25, -0.2) is 0 Å². The van der Waals surface area contributed by atoms with E-state index in [-0.39, 0.29) is 0 Å². The van der Waals surface area contributed by atoms with Crippen LogP contribution in [0, 0.1) is 5.92 Å². The number of thiocarbonyl (C=S) groups is 1. The Hall–Kier alpha value is -0.900. The molecule has 0 aromatic heterocycles. The average molecular weight is 504 g/mol. The molecule has 1 aliphatic heterocycles. The summed E-state index contributed by atoms with van der Waals surface area (Å²) in [5.41, 5.74) is 5.58. The van der Waals surface area contributed by atoms with Gasteiger partial charge in [-0.1, -0.05) is 108 Å². The maximum Gasteiger partial charge on any atom is 0.0341 e. The van der Waals surface area contributed by atoms with Crippen molar-refractivity contribution in [1.29, 1.82) is 0 Å². The number of allylic oxidation sites excluding steroid dienone is 1. The topological polar surface area (TPSA) is 3.24 Å². The van der Waals surface area contributed by atoms with Crippen LogP contribution in [0.5, 0.6) is 0 Å². The van der Waals surface area contributed by atoms with Crippen LogP contribution in [0.25, 0.3) is 0 Å². The van der Waals surface area contributed by atoms with Gasteiger partial charge in [-0.3, -0.25) is 4.90 Å². The number of rotatable bonds is 12. The zero-order valence-corrected chi connectivity index (χ0v) is 25.0. The number of likely N-dealkylation sites (tertiary alicyclic amines) is 1. The quantitative estimate of drug-likeness (QED) is 0.159. The molecule has 0 radical (unpaired) electrons. The zero-order valence-electron chi connectivity index (χ0n) is 23.4. The summed E-state index contributed by atoms with van der Waals surface area (Å²) in [4.78, 5) is 2.38. The molecule has 194 valence electrons. The molecule has 1 fully saturated rings. The van der Waals surface area contributed by atoms with Crippen LogP contribution in [0.15, 0.2) is 48.6 Å². The fraction of sp³-hybridized carbons (Fsp3) is 0.645. The number of nitrogens with zero attached hydrogens (tertiary/aromatic N) is 1. The second kappa shape index (κ2) is 20.3. The van der Waals surface area contributed by atoms with Gasteiger partial charge in [0.25, 0.3) is 0 Å². The van der Waals surface area contributed by atoms with Crippen LogP contribution in [0.4, 0.5) is 0 Å². The van der Waals surface area contributed by atoms with Crippen LogP contribution in [0.2, 0.25) is 0 Å². The Kier molecular flexibility index (Phi) is 19.8. The third-order valence-electron chi connectivity index (χ3n) is 6.27. The molecule has 1 aliphatic rings. The first kappa shape index (κ1) is 33.1. The first-order chi connectivity index (χ1) is 16.2. The summed E-state index contributed by atoms with van der Waals surface area (Å²) in [6.07, 6.45) is 9.89. The Labute approximate surface area is 222 Å². The third-order valence-corrected chi connectivity index (χ3v) is 7.34. The number of hydrogen-bond donors (Lipinski definition) is 0. The summed E-state index contributed by atoms with van der Waals surface area (Å²) in [6.45, 7) is 22.8. The molecule has 1 heterocycles. The number of unbranched alkanes of at least 4 members (excludes halogenated alkanes) is 1. The molecule has 0 saturated carbocycles. The van der Waals surface area contributed by atoms with Crippen molar-refractivity contribution in [2.45, 2.75) is 105 Å². The van der Waals surface area contributed by atoms with E-state index < -0.39 is 0 Å². The molecule has 3 heteroatoms. The zero-order chi connectivity index (χ0) is 25.9. The first-order valence-corrected chi connectivity index (χ1v) is 14.9. The molecule has 0 aliphatic carbocycles. The number of benzene rings is 1. The lowest BCUT2D eigenvalue weighted by Gasteiger charge is -2.18. The Balaban J connectivity index is 0.000000563. The fourth-order valence-corrected chi connectivity index (χ4v) is 5.26. The largest absolute Gasteiger partial charge is 0.300 e. The van der Waals surface area contributed by atoms with Gasteiger partial charge >= 0.3 is 0 Å². The van der Waals surface area contributed by atoms with Gasteiger partial charge in [-0.2, -0.15) is 0 Å². The summed E-state index contributed by atoms with van der Waals surface area (Å²) in [5.74, 6) is 2.46. The van der Waals surface area contributed by atoms with E-state index in [1.54, 1.807) is 16.5 Å². The van der Waals surface area contributed by atoms with E-state index in [2.05, 4.69) is 103 Å². The highest BCUT2D eigenvalue weighted by atomic mass is 32.2. The standard InChI is InChI=1S/C18H28.C8H15N.C5H10S2/c1-6-8-15(5)18(7-2)17-11-9-16(10-12-17)13-14(3)4;1-7(2)8-5-4-6-9(8)3;1-2-3-4-7-5-6/h9-12,14,18H,5-8,13H2,1-4H3;8H,1,4-6H2,2-3H3;5H,2-4H2,1H3. The fourth-order valence-electron chi connectivity index (χ4n) is 4.42. The molecule has 1 saturated heterocycles. The Morgan fingerprint density at radius 3 is 2.18 bits per heavy atom. The minimum absolute atomic E-state index is 0.540. The molecule has 0 N–H and O–H groups in total. The van der Waals surface area contributed by atoms with Crippen molar-refractivity contribution in [2.24, 2.45) is 5.92 Å². The van der Waals surface area contributed by atoms with Gasteiger partial charge in [-0.05, 0) is 81.8 Å². The maximum absolute atomic E-state index is 4.60. The lowest BCUT2D eigenvalue weighted by atomic mass is 9.87. The van der Waals surface area contributed by atoms with Gasteiger partial charge in [0.1, 0.15) is 0 Å². The van der Waals surface area contributed by atoms with E-state index >= 15 is 0 Å². The van der Waals surface area contributed by atoms with Crippen molar-refractivity contribution in [3.05, 3.63) is 59.7 Å². The molecular weight excluding hydrogens is 450 g/mol. The molecule has 1 aromatic carbocycles. The van der Waals surface area contributed by atoms with Crippen molar-refractivity contribution in [3.63, 3.8) is 0 Å². The molecule has 0 spiro atoms. The van der Waals surface area contributed by atoms with Crippen molar-refractivity contribution < 1.29 is 0 Å². The van der Waals surface area contributed by atoms with Crippen molar-refractivity contribution in [3.8, 4) is 0 Å². The maximum atomic E-state index is 4.60. The SMILES string of the molecule is C=C(C)C1CCCN1C.C=C(CCC)C(CC)c1ccc(CC(C)C)cc1.CCCCSC=S. The third kappa shape index (κ3) is 14.5. The second-order valence-electron chi connectivity index (χ2n) is 10.0. The highest BCUT2D eigenvalue weighted by molar-refractivity contribution is 8.20. The predicted molar refractivity (Wildman–Crippen MR) is 164 cm³/mol. The molecule has 1 nitrogen and oxygen atoms in total. The smallest absolute Gasteiger partial charge is 0.0341 e. The highest BCUT2D eigenvalue weighted by Crippen LogP contribution is 2.29. The van der Waals surface area contributed by atoms with Gasteiger partial charge < -0.3 is 0 Å². The summed E-state index contributed by atoms with van der Waals surface area (Å²) in [7, 11) is 2.17. The van der Waals surface area contributed by atoms with Crippen molar-refractivity contribution in [1.82, 2.24) is 4.90 Å². The van der Waals surface area contributed by atoms with Crippen LogP contribution in [0.1, 0.15) is 104 Å². The summed E-state index contributed by atoms with van der Waals surface area (Å²) < 4.78 is 1.73. The molecule has 1 aromatic rings. The monoisotopic (exact) mass is 503 g/mol. The molecule has 2 unspecified atom stereocenters. The summed E-state index contributed by atoms with van der Waals surface area (Å²) >= 11 is 6.33. The lowest BCUT2D eigenvalue weighted by Crippen LogP contribution is -2.25. The van der Waals surface area contributed by atoms with E-state index in [1.165, 1.54) is 73.1 Å². The summed E-state index contributed by atoms with van der Waals surface area (Å²) in [6, 6.07) is 9.85. The normalized spacial score (nSPS) is 16.2. The number of thioether (sulfide) groups is 1. The average Bonchev–Trinajstić information content (AvgIpc) is 3.23. The predicted octanol–water partition coefficient (Wildman–Crippen LogP) is 9.87. The molecule has 0 bridgehead atoms. The van der Waals surface area contributed by atoms with E-state index in [1.807, 2.05) is 0 Å². The van der Waals surface area contributed by atoms with Crippen molar-refractivity contribution >= 4 is 28.7 Å². The number of likely N-dealkylation sites (N-methyl/N-ethyl adjacent to an activating group) is 1. The van der Waals surface area contributed by atoms with Crippen LogP contribution in [-0.4, -0.2) is 35.0 Å². The summed E-state index contributed by atoms with van der Waals surface area (Å²) in [5, 5.41) is 0. The van der Waals surface area contributed by atoms with Crippen LogP contribution < -0.4 is 0 Å². The molecule has 2 atom stereocenters. The number of hydrogen-bond acceptors (Lipinski definition) is 3. The first-order valence-electron chi connectivity index (χ1n) is 13.4. The minimum atomic E-state index is 0.540. The van der Waals surface area contributed by atoms with E-state index in [0.717, 1.165) is 18.8 Å². The van der Waals surface area contributed by atoms with E-state index in [4.69, 9.17) is 0 Å². The van der Waals surface area contributed by atoms with Crippen LogP contribution in [0.3, 0.4) is 0 Å². The van der Waals surface area contributed by atoms with Gasteiger partial charge in [-0.15, -0.1) is 11.8 Å². The highest BCUT2D eigenvalue weighted by Gasteiger charge is 2.20. The van der Waals surface area contributed by atoms with Gasteiger partial charge in [0, 0.05) is 16.7 Å². The molecule has 34 heavy (non-hydrogen) atoms. The second-order valence-corrected chi connectivity index (χ2v) is 11.5. The minimum Gasteiger partial charge on any atom is -0.300 e. The molecule has 2 rings (SSSR count). The van der Waals surface area contributed by atoms with Gasteiger partial charge in [0.2, 0.25) is 0 Å². The Morgan fingerprint density at radius 1 is 1.15 bits per heavy atom. The van der Waals surface area contributed by atoms with Crippen LogP contribution in [-0.2, 0) is 6.42 Å². The van der Waals surface area contributed by atoms with Crippen molar-refractivity contribution in [2.75, 3.05) is 19.3 Å².